The Kier molecular flexibility index (Phi) is 7.72. The molecule has 0 amide bonds. The SMILES string of the molecule is C1=CC2CCC1C2.CCc1ccccc1C=C(OCc1ccc(OC)cc1)C(=O)O. The molecule has 2 aliphatic rings. The van der Waals surface area contributed by atoms with Crippen molar-refractivity contribution in [2.45, 2.75) is 39.2 Å². The lowest BCUT2D eigenvalue weighted by molar-refractivity contribution is -0.136. The number of benzene rings is 2. The van der Waals surface area contributed by atoms with E-state index in [2.05, 4.69) is 12.2 Å². The van der Waals surface area contributed by atoms with Gasteiger partial charge < -0.3 is 14.6 Å². The molecule has 2 bridgehead atoms. The van der Waals surface area contributed by atoms with Gasteiger partial charge in [0.2, 0.25) is 5.76 Å². The average Bonchev–Trinajstić information content (AvgIpc) is 3.44. The van der Waals surface area contributed by atoms with Gasteiger partial charge in [-0.3, -0.25) is 0 Å². The Balaban J connectivity index is 0.000000302. The van der Waals surface area contributed by atoms with Crippen molar-refractivity contribution in [1.82, 2.24) is 0 Å². The van der Waals surface area contributed by atoms with Crippen molar-refractivity contribution >= 4 is 12.0 Å². The number of carbonyl (C=O) groups is 1. The standard InChI is InChI=1S/C19H20O4.C7H10/c1-3-15-6-4-5-7-16(15)12-18(19(20)21)23-13-14-8-10-17(22-2)11-9-14;1-2-7-4-3-6(1)5-7/h4-12H,3,13H2,1-2H3,(H,20,21);1-2,6-7H,3-5H2. The largest absolute Gasteiger partial charge is 0.497 e. The molecule has 0 spiro atoms. The van der Waals surface area contributed by atoms with E-state index in [0.717, 1.165) is 40.7 Å². The maximum absolute atomic E-state index is 11.4. The summed E-state index contributed by atoms with van der Waals surface area (Å²) in [5, 5.41) is 9.35. The van der Waals surface area contributed by atoms with Crippen LogP contribution in [0.5, 0.6) is 5.75 Å². The van der Waals surface area contributed by atoms with E-state index in [9.17, 15) is 9.90 Å². The van der Waals surface area contributed by atoms with Crippen molar-refractivity contribution < 1.29 is 19.4 Å². The van der Waals surface area contributed by atoms with Gasteiger partial charge in [0, 0.05) is 0 Å². The van der Waals surface area contributed by atoms with Crippen LogP contribution in [0.3, 0.4) is 0 Å². The summed E-state index contributed by atoms with van der Waals surface area (Å²) in [5.74, 6) is 1.58. The van der Waals surface area contributed by atoms with Crippen LogP contribution < -0.4 is 4.74 Å². The van der Waals surface area contributed by atoms with E-state index < -0.39 is 5.97 Å². The molecule has 30 heavy (non-hydrogen) atoms. The Morgan fingerprint density at radius 2 is 1.73 bits per heavy atom. The predicted octanol–water partition coefficient (Wildman–Crippen LogP) is 5.87. The molecule has 4 rings (SSSR count). The molecule has 0 aliphatic heterocycles. The van der Waals surface area contributed by atoms with Gasteiger partial charge in [0.05, 0.1) is 7.11 Å². The van der Waals surface area contributed by atoms with Gasteiger partial charge in [-0.05, 0) is 72.4 Å². The number of fused-ring (bicyclic) bond motifs is 2. The van der Waals surface area contributed by atoms with E-state index in [4.69, 9.17) is 9.47 Å². The molecule has 2 aromatic rings. The molecule has 2 unspecified atom stereocenters. The minimum Gasteiger partial charge on any atom is -0.497 e. The van der Waals surface area contributed by atoms with Gasteiger partial charge in [-0.2, -0.15) is 0 Å². The van der Waals surface area contributed by atoms with Crippen molar-refractivity contribution in [3.05, 3.63) is 83.1 Å². The number of hydrogen-bond acceptors (Lipinski definition) is 3. The first-order chi connectivity index (χ1) is 14.6. The van der Waals surface area contributed by atoms with Gasteiger partial charge in [-0.25, -0.2) is 4.79 Å². The summed E-state index contributed by atoms with van der Waals surface area (Å²) in [5.41, 5.74) is 2.82. The van der Waals surface area contributed by atoms with Gasteiger partial charge in [0.1, 0.15) is 12.4 Å². The lowest BCUT2D eigenvalue weighted by Gasteiger charge is -2.09. The van der Waals surface area contributed by atoms with Crippen molar-refractivity contribution in [2.75, 3.05) is 7.11 Å². The van der Waals surface area contributed by atoms with E-state index in [1.165, 1.54) is 19.3 Å². The van der Waals surface area contributed by atoms with Crippen LogP contribution in [0, 0.1) is 11.8 Å². The fourth-order valence-corrected chi connectivity index (χ4v) is 3.90. The highest BCUT2D eigenvalue weighted by Gasteiger charge is 2.25. The molecule has 1 saturated carbocycles. The van der Waals surface area contributed by atoms with Crippen LogP contribution in [0.4, 0.5) is 0 Å². The Morgan fingerprint density at radius 3 is 2.23 bits per heavy atom. The molecule has 4 nitrogen and oxygen atoms in total. The Hall–Kier alpha value is -3.01. The number of methoxy groups -OCH3 is 1. The zero-order valence-electron chi connectivity index (χ0n) is 17.7. The summed E-state index contributed by atoms with van der Waals surface area (Å²) >= 11 is 0. The highest BCUT2D eigenvalue weighted by molar-refractivity contribution is 5.90. The molecule has 1 N–H and O–H groups in total. The number of hydrogen-bond donors (Lipinski definition) is 1. The van der Waals surface area contributed by atoms with E-state index in [0.29, 0.717) is 0 Å². The molecule has 4 heteroatoms. The molecule has 1 fully saturated rings. The Morgan fingerprint density at radius 1 is 1.07 bits per heavy atom. The summed E-state index contributed by atoms with van der Waals surface area (Å²) in [6.07, 6.45) is 11.6. The van der Waals surface area contributed by atoms with E-state index in [1.807, 2.05) is 55.5 Å². The number of carboxylic acids is 1. The molecule has 0 aromatic heterocycles. The summed E-state index contributed by atoms with van der Waals surface area (Å²) in [6.45, 7) is 2.22. The summed E-state index contributed by atoms with van der Waals surface area (Å²) < 4.78 is 10.6. The van der Waals surface area contributed by atoms with Crippen LogP contribution in [0.2, 0.25) is 0 Å². The lowest BCUT2D eigenvalue weighted by Crippen LogP contribution is -2.05. The predicted molar refractivity (Wildman–Crippen MR) is 119 cm³/mol. The topological polar surface area (TPSA) is 55.8 Å². The van der Waals surface area contributed by atoms with Crippen molar-refractivity contribution in [3.8, 4) is 5.75 Å². The third-order valence-electron chi connectivity index (χ3n) is 5.66. The number of rotatable bonds is 7. The third kappa shape index (κ3) is 5.99. The number of allylic oxidation sites excluding steroid dienone is 2. The highest BCUT2D eigenvalue weighted by Crippen LogP contribution is 2.38. The lowest BCUT2D eigenvalue weighted by atomic mass is 10.0. The van der Waals surface area contributed by atoms with Crippen LogP contribution in [0.15, 0.2) is 66.4 Å². The smallest absolute Gasteiger partial charge is 0.371 e. The fourth-order valence-electron chi connectivity index (χ4n) is 3.90. The normalized spacial score (nSPS) is 19.2. The van der Waals surface area contributed by atoms with E-state index in [-0.39, 0.29) is 12.4 Å². The molecule has 2 aliphatic carbocycles. The minimum absolute atomic E-state index is 0.0679. The first-order valence-electron chi connectivity index (χ1n) is 10.6. The van der Waals surface area contributed by atoms with Crippen molar-refractivity contribution in [1.29, 1.82) is 0 Å². The van der Waals surface area contributed by atoms with Crippen LogP contribution >= 0.6 is 0 Å². The summed E-state index contributed by atoms with van der Waals surface area (Å²) in [4.78, 5) is 11.4. The van der Waals surface area contributed by atoms with Crippen LogP contribution in [0.1, 0.15) is 42.9 Å². The number of aliphatic carboxylic acids is 1. The second-order valence-corrected chi connectivity index (χ2v) is 7.72. The van der Waals surface area contributed by atoms with E-state index >= 15 is 0 Å². The highest BCUT2D eigenvalue weighted by atomic mass is 16.5. The van der Waals surface area contributed by atoms with Gasteiger partial charge >= 0.3 is 5.97 Å². The van der Waals surface area contributed by atoms with Crippen LogP contribution in [-0.4, -0.2) is 18.2 Å². The molecule has 2 atom stereocenters. The Bertz CT molecular complexity index is 884. The van der Waals surface area contributed by atoms with Crippen molar-refractivity contribution in [2.24, 2.45) is 11.8 Å². The molecular weight excluding hydrogens is 376 g/mol. The van der Waals surface area contributed by atoms with Gasteiger partial charge in [0.25, 0.3) is 0 Å². The second kappa shape index (κ2) is 10.7. The van der Waals surface area contributed by atoms with Crippen molar-refractivity contribution in [3.63, 3.8) is 0 Å². The fraction of sp³-hybridized carbons (Fsp3) is 0.346. The van der Waals surface area contributed by atoms with Gasteiger partial charge in [0.15, 0.2) is 0 Å². The van der Waals surface area contributed by atoms with E-state index in [1.54, 1.807) is 13.2 Å². The minimum atomic E-state index is -1.08. The summed E-state index contributed by atoms with van der Waals surface area (Å²) in [6, 6.07) is 15.0. The monoisotopic (exact) mass is 406 g/mol. The van der Waals surface area contributed by atoms with Crippen LogP contribution in [-0.2, 0) is 22.6 Å². The molecular formula is C26H30O4. The molecule has 0 saturated heterocycles. The Labute approximate surface area is 178 Å². The maximum Gasteiger partial charge on any atom is 0.371 e. The van der Waals surface area contributed by atoms with Gasteiger partial charge in [-0.15, -0.1) is 0 Å². The number of ether oxygens (including phenoxy) is 2. The second-order valence-electron chi connectivity index (χ2n) is 7.72. The average molecular weight is 407 g/mol. The van der Waals surface area contributed by atoms with Gasteiger partial charge in [-0.1, -0.05) is 55.5 Å². The third-order valence-corrected chi connectivity index (χ3v) is 5.66. The zero-order valence-corrected chi connectivity index (χ0v) is 17.7. The van der Waals surface area contributed by atoms with Crippen LogP contribution in [0.25, 0.3) is 6.08 Å². The molecule has 2 aromatic carbocycles. The zero-order chi connectivity index (χ0) is 21.3. The maximum atomic E-state index is 11.4. The molecule has 158 valence electrons. The number of carboxylic acid groups (broad SMARTS) is 1. The quantitative estimate of drug-likeness (QED) is 0.355. The molecule has 0 radical (unpaired) electrons. The first-order valence-corrected chi connectivity index (χ1v) is 10.6. The number of aryl methyl sites for hydroxylation is 1. The first kappa shape index (κ1) is 21.7. The molecule has 0 heterocycles. The summed E-state index contributed by atoms with van der Waals surface area (Å²) in [7, 11) is 1.60.